The molecule has 46 heavy (non-hydrogen) atoms. The van der Waals surface area contributed by atoms with E-state index in [1.807, 2.05) is 45.0 Å². The molecule has 0 aliphatic carbocycles. The number of methoxy groups -OCH3 is 1. The second-order valence-electron chi connectivity index (χ2n) is 17.0. The molecule has 0 spiro atoms. The first kappa shape index (κ1) is 41.1. The molecule has 0 saturated carbocycles. The summed E-state index contributed by atoms with van der Waals surface area (Å²) in [6, 6.07) is 7.91. The van der Waals surface area contributed by atoms with Crippen molar-refractivity contribution in [2.45, 2.75) is 143 Å². The van der Waals surface area contributed by atoms with E-state index in [0.29, 0.717) is 26.4 Å². The van der Waals surface area contributed by atoms with Crippen LogP contribution in [0.1, 0.15) is 81.7 Å². The average molecular weight is 681 g/mol. The van der Waals surface area contributed by atoms with Gasteiger partial charge in [-0.15, -0.1) is 0 Å². The lowest BCUT2D eigenvalue weighted by Crippen LogP contribution is -2.57. The Morgan fingerprint density at radius 2 is 1.54 bits per heavy atom. The van der Waals surface area contributed by atoms with E-state index < -0.39 is 28.5 Å². The fourth-order valence-electron chi connectivity index (χ4n) is 5.19. The lowest BCUT2D eigenvalue weighted by molar-refractivity contribution is -0.313. The fraction of sp³-hybridized carbons (Fsp3) is 0.784. The normalized spacial score (nSPS) is 22.7. The van der Waals surface area contributed by atoms with Crippen molar-refractivity contribution in [3.8, 4) is 5.75 Å². The highest BCUT2D eigenvalue weighted by molar-refractivity contribution is 6.74. The maximum Gasteiger partial charge on any atom is 0.192 e. The van der Waals surface area contributed by atoms with E-state index in [2.05, 4.69) is 87.7 Å². The van der Waals surface area contributed by atoms with Crippen LogP contribution in [0, 0.1) is 17.8 Å². The maximum atomic E-state index is 11.8. The van der Waals surface area contributed by atoms with Gasteiger partial charge in [0.2, 0.25) is 0 Å². The van der Waals surface area contributed by atoms with E-state index in [4.69, 9.17) is 27.8 Å². The maximum absolute atomic E-state index is 11.8. The highest BCUT2D eigenvalue weighted by Gasteiger charge is 2.48. The first-order chi connectivity index (χ1) is 20.9. The molecule has 1 aromatic carbocycles. The van der Waals surface area contributed by atoms with Gasteiger partial charge < -0.3 is 32.9 Å². The van der Waals surface area contributed by atoms with Gasteiger partial charge in [-0.05, 0) is 86.2 Å². The summed E-state index contributed by atoms with van der Waals surface area (Å²) >= 11 is 0. The Hall–Kier alpha value is -1.05. The second kappa shape index (κ2) is 16.1. The van der Waals surface area contributed by atoms with Crippen LogP contribution in [-0.2, 0) is 29.7 Å². The monoisotopic (exact) mass is 680 g/mol. The van der Waals surface area contributed by atoms with Crippen molar-refractivity contribution in [2.75, 3.05) is 26.9 Å². The molecular formula is C37H68O7Si2. The molecule has 1 aromatic rings. The lowest BCUT2D eigenvalue weighted by atomic mass is 9.81. The first-order valence-corrected chi connectivity index (χ1v) is 22.9. The van der Waals surface area contributed by atoms with Gasteiger partial charge in [-0.2, -0.15) is 0 Å². The summed E-state index contributed by atoms with van der Waals surface area (Å²) in [7, 11) is -2.52. The number of benzene rings is 1. The molecule has 1 aliphatic heterocycles. The van der Waals surface area contributed by atoms with E-state index in [9.17, 15) is 5.11 Å². The molecule has 0 radical (unpaired) electrons. The van der Waals surface area contributed by atoms with Crippen LogP contribution >= 0.6 is 0 Å². The minimum atomic E-state index is -2.15. The third kappa shape index (κ3) is 11.5. The minimum absolute atomic E-state index is 0.0419. The van der Waals surface area contributed by atoms with E-state index in [-0.39, 0.29) is 40.0 Å². The molecule has 0 aromatic heterocycles. The van der Waals surface area contributed by atoms with Gasteiger partial charge in [-0.25, -0.2) is 0 Å². The summed E-state index contributed by atoms with van der Waals surface area (Å²) in [6.45, 7) is 35.0. The molecule has 266 valence electrons. The Labute approximate surface area is 284 Å². The molecule has 1 aliphatic rings. The Morgan fingerprint density at radius 1 is 0.978 bits per heavy atom. The zero-order valence-corrected chi connectivity index (χ0v) is 34.1. The summed E-state index contributed by atoms with van der Waals surface area (Å²) < 4.78 is 38.0. The number of hydrogen-bond donors (Lipinski definition) is 1. The van der Waals surface area contributed by atoms with E-state index in [0.717, 1.165) is 16.9 Å². The van der Waals surface area contributed by atoms with Crippen LogP contribution in [0.15, 0.2) is 35.9 Å². The summed E-state index contributed by atoms with van der Waals surface area (Å²) in [5, 5.41) is 11.9. The number of rotatable bonds is 15. The molecule has 1 fully saturated rings. The molecule has 0 unspecified atom stereocenters. The lowest BCUT2D eigenvalue weighted by Gasteiger charge is -2.49. The predicted octanol–water partition coefficient (Wildman–Crippen LogP) is 8.97. The first-order valence-electron chi connectivity index (χ1n) is 17.1. The van der Waals surface area contributed by atoms with E-state index >= 15 is 0 Å². The quantitative estimate of drug-likeness (QED) is 0.146. The molecule has 0 bridgehead atoms. The molecular weight excluding hydrogens is 613 g/mol. The van der Waals surface area contributed by atoms with Crippen LogP contribution in [0.2, 0.25) is 36.3 Å². The van der Waals surface area contributed by atoms with Crippen molar-refractivity contribution in [3.05, 3.63) is 41.5 Å². The van der Waals surface area contributed by atoms with Gasteiger partial charge in [0.15, 0.2) is 22.4 Å². The largest absolute Gasteiger partial charge is 0.497 e. The van der Waals surface area contributed by atoms with Crippen LogP contribution in [0.25, 0.3) is 0 Å². The Morgan fingerprint density at radius 3 is 2.07 bits per heavy atom. The standard InChI is InChI=1S/C37H68O7Si2/c1-26(22-40-23-29-17-19-30(39-12)20-18-29)21-27(2)33(38)31-24-41-37(10,11)43-34(31)28(3)32(44-46(15,16)36(7,8)9)25-42-45(13,14)35(4,5)6/h17-21,26,28,31-34,38H,22-25H2,1-16H3/b27-21+/t26-,28-,31-,32+,33-,34+/m1/s1. The average Bonchev–Trinajstić information content (AvgIpc) is 2.93. The van der Waals surface area contributed by atoms with Gasteiger partial charge in [-0.1, -0.05) is 73.6 Å². The van der Waals surface area contributed by atoms with Gasteiger partial charge in [-0.3, -0.25) is 0 Å². The van der Waals surface area contributed by atoms with Gasteiger partial charge in [0.05, 0.1) is 51.8 Å². The number of aliphatic hydroxyl groups is 1. The van der Waals surface area contributed by atoms with Gasteiger partial charge in [0, 0.05) is 11.8 Å². The van der Waals surface area contributed by atoms with Crippen molar-refractivity contribution >= 4 is 16.6 Å². The van der Waals surface area contributed by atoms with Crippen LogP contribution in [0.5, 0.6) is 5.75 Å². The van der Waals surface area contributed by atoms with Crippen molar-refractivity contribution < 1.29 is 32.9 Å². The Balaban J connectivity index is 2.27. The molecule has 0 amide bonds. The molecule has 6 atom stereocenters. The van der Waals surface area contributed by atoms with Crippen molar-refractivity contribution in [1.82, 2.24) is 0 Å². The van der Waals surface area contributed by atoms with Gasteiger partial charge >= 0.3 is 0 Å². The number of ether oxygens (including phenoxy) is 4. The van der Waals surface area contributed by atoms with Crippen molar-refractivity contribution in [3.63, 3.8) is 0 Å². The third-order valence-electron chi connectivity index (χ3n) is 10.5. The Kier molecular flexibility index (Phi) is 14.4. The minimum Gasteiger partial charge on any atom is -0.497 e. The Bertz CT molecular complexity index is 1100. The molecule has 9 heteroatoms. The second-order valence-corrected chi connectivity index (χ2v) is 26.6. The zero-order chi connectivity index (χ0) is 35.3. The third-order valence-corrected chi connectivity index (χ3v) is 19.5. The summed E-state index contributed by atoms with van der Waals surface area (Å²) in [4.78, 5) is 0. The van der Waals surface area contributed by atoms with Crippen LogP contribution in [0.4, 0.5) is 0 Å². The fourth-order valence-corrected chi connectivity index (χ4v) is 7.60. The van der Waals surface area contributed by atoms with Crippen molar-refractivity contribution in [1.29, 1.82) is 0 Å². The summed E-state index contributed by atoms with van der Waals surface area (Å²) in [6.07, 6.45) is 0.909. The highest BCUT2D eigenvalue weighted by Crippen LogP contribution is 2.42. The van der Waals surface area contributed by atoms with Crippen LogP contribution in [0.3, 0.4) is 0 Å². The zero-order valence-electron chi connectivity index (χ0n) is 32.1. The molecule has 7 nitrogen and oxygen atoms in total. The molecule has 1 N–H and O–H groups in total. The molecule has 2 rings (SSSR count). The molecule has 1 heterocycles. The van der Waals surface area contributed by atoms with Crippen molar-refractivity contribution in [2.24, 2.45) is 17.8 Å². The predicted molar refractivity (Wildman–Crippen MR) is 194 cm³/mol. The summed E-state index contributed by atoms with van der Waals surface area (Å²) in [5.74, 6) is -0.113. The van der Waals surface area contributed by atoms with E-state index in [1.165, 1.54) is 0 Å². The molecule has 1 saturated heterocycles. The van der Waals surface area contributed by atoms with Gasteiger partial charge in [0.25, 0.3) is 0 Å². The van der Waals surface area contributed by atoms with E-state index in [1.54, 1.807) is 7.11 Å². The number of aliphatic hydroxyl groups excluding tert-OH is 1. The number of hydrogen-bond acceptors (Lipinski definition) is 7. The SMILES string of the molecule is COc1ccc(COC[C@H](C)/C=C(\C)[C@@H](O)[C@H]2COC(C)(C)O[C@H]2[C@H](C)[C@H](CO[Si](C)(C)C(C)(C)C)O[Si](C)(C)C(C)(C)C)cc1. The smallest absolute Gasteiger partial charge is 0.192 e. The highest BCUT2D eigenvalue weighted by atomic mass is 28.4. The summed E-state index contributed by atoms with van der Waals surface area (Å²) in [5.41, 5.74) is 1.99. The van der Waals surface area contributed by atoms with Gasteiger partial charge in [0.1, 0.15) is 5.75 Å². The van der Waals surface area contributed by atoms with Crippen LogP contribution in [-0.4, -0.2) is 72.8 Å². The van der Waals surface area contributed by atoms with Crippen LogP contribution < -0.4 is 4.74 Å². The topological polar surface area (TPSA) is 75.6 Å².